The van der Waals surface area contributed by atoms with Crippen LogP contribution in [0.4, 0.5) is 4.39 Å². The van der Waals surface area contributed by atoms with Gasteiger partial charge in [0.25, 0.3) is 0 Å². The van der Waals surface area contributed by atoms with Gasteiger partial charge in [0.2, 0.25) is 0 Å². The van der Waals surface area contributed by atoms with Crippen molar-refractivity contribution in [1.82, 2.24) is 4.98 Å². The number of hydrogen-bond donors (Lipinski definition) is 1. The third kappa shape index (κ3) is 5.09. The number of aromatic nitrogens is 1. The van der Waals surface area contributed by atoms with E-state index in [1.807, 2.05) is 6.07 Å². The summed E-state index contributed by atoms with van der Waals surface area (Å²) in [7, 11) is 0. The second kappa shape index (κ2) is 6.90. The van der Waals surface area contributed by atoms with Gasteiger partial charge in [0.05, 0.1) is 10.7 Å². The molecule has 0 saturated carbocycles. The predicted octanol–water partition coefficient (Wildman–Crippen LogP) is 4.24. The molecule has 0 aliphatic rings. The fraction of sp³-hybridized carbons (Fsp3) is 0.438. The van der Waals surface area contributed by atoms with Crippen LogP contribution in [-0.4, -0.2) is 16.8 Å². The Balaban J connectivity index is 1.87. The van der Waals surface area contributed by atoms with Crippen molar-refractivity contribution in [3.8, 4) is 0 Å². The molecule has 2 aromatic rings. The highest BCUT2D eigenvalue weighted by Gasteiger charge is 2.18. The van der Waals surface area contributed by atoms with Crippen molar-refractivity contribution in [2.45, 2.75) is 43.5 Å². The van der Waals surface area contributed by atoms with Gasteiger partial charge >= 0.3 is 0 Å². The first kappa shape index (κ1) is 16.5. The minimum absolute atomic E-state index is 0.0252. The molecule has 0 fully saturated rings. The van der Waals surface area contributed by atoms with Crippen LogP contribution in [0.1, 0.15) is 31.5 Å². The van der Waals surface area contributed by atoms with Crippen molar-refractivity contribution in [3.63, 3.8) is 0 Å². The molecule has 2 rings (SSSR count). The van der Waals surface area contributed by atoms with Gasteiger partial charge < -0.3 is 5.73 Å². The molecule has 0 aliphatic carbocycles. The number of thiazole rings is 1. The van der Waals surface area contributed by atoms with Gasteiger partial charge in [-0.25, -0.2) is 9.37 Å². The zero-order valence-electron chi connectivity index (χ0n) is 12.6. The van der Waals surface area contributed by atoms with E-state index in [2.05, 4.69) is 31.1 Å². The summed E-state index contributed by atoms with van der Waals surface area (Å²) >= 11 is 3.25. The van der Waals surface area contributed by atoms with E-state index in [-0.39, 0.29) is 17.3 Å². The van der Waals surface area contributed by atoms with Gasteiger partial charge in [-0.05, 0) is 18.2 Å². The second-order valence-corrected chi connectivity index (χ2v) is 8.15. The number of benzene rings is 1. The number of thioether (sulfide) groups is 1. The maximum atomic E-state index is 13.1. The summed E-state index contributed by atoms with van der Waals surface area (Å²) in [6.45, 7) is 6.47. The maximum absolute atomic E-state index is 13.1. The Morgan fingerprint density at radius 1 is 1.38 bits per heavy atom. The van der Waals surface area contributed by atoms with Gasteiger partial charge in [0.15, 0.2) is 0 Å². The molecule has 0 bridgehead atoms. The summed E-state index contributed by atoms with van der Waals surface area (Å²) in [5, 5.41) is 3.19. The zero-order chi connectivity index (χ0) is 15.5. The summed E-state index contributed by atoms with van der Waals surface area (Å²) < 4.78 is 13.1. The van der Waals surface area contributed by atoms with E-state index < -0.39 is 0 Å². The van der Waals surface area contributed by atoms with Gasteiger partial charge in [-0.2, -0.15) is 0 Å². The molecule has 5 heteroatoms. The average Bonchev–Trinajstić information content (AvgIpc) is 2.85. The topological polar surface area (TPSA) is 38.9 Å². The number of nitrogens with zero attached hydrogens (tertiary/aromatic N) is 1. The lowest BCUT2D eigenvalue weighted by Crippen LogP contribution is -2.25. The van der Waals surface area contributed by atoms with Crippen LogP contribution in [0.15, 0.2) is 34.5 Å². The van der Waals surface area contributed by atoms with Crippen LogP contribution in [0.3, 0.4) is 0 Å². The molecule has 1 aromatic carbocycles. The lowest BCUT2D eigenvalue weighted by molar-refractivity contribution is 0.569. The first-order valence-corrected chi connectivity index (χ1v) is 8.80. The number of nitrogens with two attached hydrogens (primary N) is 1. The molecule has 2 N–H and O–H groups in total. The molecule has 0 saturated heterocycles. The number of halogens is 1. The van der Waals surface area contributed by atoms with Crippen LogP contribution >= 0.6 is 23.1 Å². The van der Waals surface area contributed by atoms with Crippen LogP contribution in [0.5, 0.6) is 0 Å². The van der Waals surface area contributed by atoms with Gasteiger partial charge in [0, 0.05) is 33.9 Å². The number of rotatable bonds is 5. The Morgan fingerprint density at radius 2 is 2.14 bits per heavy atom. The van der Waals surface area contributed by atoms with Crippen LogP contribution in [0, 0.1) is 5.82 Å². The summed E-state index contributed by atoms with van der Waals surface area (Å²) in [6.07, 6.45) is 0.767. The van der Waals surface area contributed by atoms with Crippen LogP contribution in [0.25, 0.3) is 0 Å². The largest absolute Gasteiger partial charge is 0.327 e. The lowest BCUT2D eigenvalue weighted by Gasteiger charge is -2.14. The highest BCUT2D eigenvalue weighted by Crippen LogP contribution is 2.25. The van der Waals surface area contributed by atoms with E-state index in [0.717, 1.165) is 27.8 Å². The molecule has 0 radical (unpaired) electrons. The van der Waals surface area contributed by atoms with Gasteiger partial charge in [-0.1, -0.05) is 26.8 Å². The van der Waals surface area contributed by atoms with Crippen molar-refractivity contribution >= 4 is 23.1 Å². The SMILES string of the molecule is CC(C)(C)c1csc(CC(N)CSc2cccc(F)c2)n1. The van der Waals surface area contributed by atoms with Gasteiger partial charge in [-0.15, -0.1) is 23.1 Å². The van der Waals surface area contributed by atoms with E-state index in [9.17, 15) is 4.39 Å². The summed E-state index contributed by atoms with van der Waals surface area (Å²) in [6, 6.07) is 6.64. The Kier molecular flexibility index (Phi) is 5.41. The Morgan fingerprint density at radius 3 is 2.76 bits per heavy atom. The lowest BCUT2D eigenvalue weighted by atomic mass is 9.93. The van der Waals surface area contributed by atoms with Crippen LogP contribution in [0.2, 0.25) is 0 Å². The van der Waals surface area contributed by atoms with Gasteiger partial charge in [0.1, 0.15) is 5.82 Å². The predicted molar refractivity (Wildman–Crippen MR) is 89.6 cm³/mol. The summed E-state index contributed by atoms with van der Waals surface area (Å²) in [4.78, 5) is 5.58. The maximum Gasteiger partial charge on any atom is 0.124 e. The van der Waals surface area contributed by atoms with Crippen molar-refractivity contribution < 1.29 is 4.39 Å². The monoisotopic (exact) mass is 324 g/mol. The molecule has 1 unspecified atom stereocenters. The minimum atomic E-state index is -0.205. The molecule has 1 heterocycles. The fourth-order valence-corrected chi connectivity index (χ4v) is 3.80. The van der Waals surface area contributed by atoms with Crippen LogP contribution < -0.4 is 5.73 Å². The first-order valence-electron chi connectivity index (χ1n) is 6.93. The Labute approximate surface area is 134 Å². The molecular weight excluding hydrogens is 303 g/mol. The molecule has 2 nitrogen and oxygen atoms in total. The summed E-state index contributed by atoms with van der Waals surface area (Å²) in [5.41, 5.74) is 7.36. The van der Waals surface area contributed by atoms with Crippen molar-refractivity contribution in [2.75, 3.05) is 5.75 Å². The molecule has 1 aromatic heterocycles. The number of hydrogen-bond acceptors (Lipinski definition) is 4. The van der Waals surface area contributed by atoms with Crippen molar-refractivity contribution in [3.05, 3.63) is 46.2 Å². The van der Waals surface area contributed by atoms with Crippen LogP contribution in [-0.2, 0) is 11.8 Å². The Hall–Kier alpha value is -0.910. The molecule has 0 spiro atoms. The van der Waals surface area contributed by atoms with Crippen molar-refractivity contribution in [2.24, 2.45) is 5.73 Å². The van der Waals surface area contributed by atoms with E-state index in [1.165, 1.54) is 6.07 Å². The third-order valence-electron chi connectivity index (χ3n) is 3.02. The minimum Gasteiger partial charge on any atom is -0.327 e. The molecule has 114 valence electrons. The van der Waals surface area contributed by atoms with E-state index >= 15 is 0 Å². The second-order valence-electron chi connectivity index (χ2n) is 6.11. The third-order valence-corrected chi connectivity index (χ3v) is 5.07. The fourth-order valence-electron chi connectivity index (χ4n) is 1.79. The molecule has 0 amide bonds. The standard InChI is InChI=1S/C16H21FN2S2/c1-16(2,3)14-10-21-15(19-14)8-12(18)9-20-13-6-4-5-11(17)7-13/h4-7,10,12H,8-9,18H2,1-3H3. The quantitative estimate of drug-likeness (QED) is 0.836. The average molecular weight is 324 g/mol. The molecular formula is C16H21FN2S2. The Bertz CT molecular complexity index is 590. The van der Waals surface area contributed by atoms with Crippen molar-refractivity contribution in [1.29, 1.82) is 0 Å². The van der Waals surface area contributed by atoms with E-state index in [4.69, 9.17) is 5.73 Å². The summed E-state index contributed by atoms with van der Waals surface area (Å²) in [5.74, 6) is 0.553. The normalized spacial score (nSPS) is 13.4. The highest BCUT2D eigenvalue weighted by molar-refractivity contribution is 7.99. The molecule has 0 aliphatic heterocycles. The zero-order valence-corrected chi connectivity index (χ0v) is 14.2. The molecule has 1 atom stereocenters. The van der Waals surface area contributed by atoms with E-state index in [0.29, 0.717) is 0 Å². The van der Waals surface area contributed by atoms with E-state index in [1.54, 1.807) is 35.2 Å². The first-order chi connectivity index (χ1) is 9.84. The molecule has 21 heavy (non-hydrogen) atoms. The smallest absolute Gasteiger partial charge is 0.124 e. The highest BCUT2D eigenvalue weighted by atomic mass is 32.2. The van der Waals surface area contributed by atoms with Gasteiger partial charge in [-0.3, -0.25) is 0 Å².